The van der Waals surface area contributed by atoms with Gasteiger partial charge in [-0.05, 0) is 45.1 Å². The first-order chi connectivity index (χ1) is 26.9. The molecule has 6 atom stereocenters. The number of nitrogens with one attached hydrogen (secondary N) is 4. The van der Waals surface area contributed by atoms with Gasteiger partial charge in [-0.25, -0.2) is 25.0 Å². The van der Waals surface area contributed by atoms with Crippen LogP contribution in [0.5, 0.6) is 0 Å². The molecule has 12 N–H and O–H groups in total. The molecule has 0 radical (unpaired) electrons. The molecule has 5 amide bonds. The number of hydrogen-bond donors (Lipinski definition) is 9. The molecule has 1 fully saturated rings. The summed E-state index contributed by atoms with van der Waals surface area (Å²) in [5.74, 6) is 2.01. The number of amides is 5. The number of unbranched alkanes of at least 4 members (excludes halogenated alkanes) is 1. The number of allylic oxidation sites excluding steroid dienone is 1. The van der Waals surface area contributed by atoms with Crippen molar-refractivity contribution in [1.82, 2.24) is 35.4 Å². The minimum absolute atomic E-state index is 0.00296. The fourth-order valence-electron chi connectivity index (χ4n) is 5.89. The van der Waals surface area contributed by atoms with E-state index in [0.717, 1.165) is 14.0 Å². The smallest absolute Gasteiger partial charge is 0.409 e. The number of rotatable bonds is 23. The van der Waals surface area contributed by atoms with Crippen LogP contribution < -0.4 is 44.4 Å². The molecule has 1 saturated heterocycles. The number of ketones is 1. The fraction of sp³-hybridized carbons (Fsp3) is 0.657. The van der Waals surface area contributed by atoms with Gasteiger partial charge in [-0.1, -0.05) is 19.9 Å². The van der Waals surface area contributed by atoms with Crippen molar-refractivity contribution in [1.29, 1.82) is 0 Å². The zero-order chi connectivity index (χ0) is 43.0. The van der Waals surface area contributed by atoms with Gasteiger partial charge in [-0.2, -0.15) is 0 Å². The summed E-state index contributed by atoms with van der Waals surface area (Å²) in [5.41, 5.74) is 12.5. The third kappa shape index (κ3) is 13.8. The summed E-state index contributed by atoms with van der Waals surface area (Å²) in [4.78, 5) is 94.4. The second kappa shape index (κ2) is 23.2. The normalized spacial score (nSPS) is 19.0. The molecule has 0 aromatic carbocycles. The van der Waals surface area contributed by atoms with E-state index in [1.54, 1.807) is 13.8 Å². The third-order valence-electron chi connectivity index (χ3n) is 8.91. The standard InChI is InChI=1S/C35H59N11O11/c1-7-16-45-27(20(4)47)30(40-21(5)37)46(34(45)54)33-29(51)28(50)23(57-33)18-56-35(55)44(6)17-15-39-31(52)22(11-8-9-14-36)41-32(53)26(19(2)3)42-24(48)12-10-13-25(49)43-38/h7,19,22-23,26,28-29,33,50-51H,1,8-18,36,38H2,2-6H3,(H2,37,40)(H,39,52)(H,41,53)(H,42,48)(H,43,49)/t22-,23-,26-,28-,29-,33-/m0/s1. The number of aliphatic hydroxyl groups is 2. The Morgan fingerprint density at radius 2 is 1.70 bits per heavy atom. The van der Waals surface area contributed by atoms with Crippen LogP contribution in [-0.2, 0) is 35.2 Å². The first-order valence-electron chi connectivity index (χ1n) is 18.6. The van der Waals surface area contributed by atoms with E-state index in [2.05, 4.69) is 27.5 Å². The number of ether oxygens (including phenoxy) is 2. The number of hydrazine groups is 1. The topological polar surface area (TPSA) is 330 Å². The highest BCUT2D eigenvalue weighted by Gasteiger charge is 2.47. The lowest BCUT2D eigenvalue weighted by atomic mass is 10.0. The highest BCUT2D eigenvalue weighted by atomic mass is 16.6. The summed E-state index contributed by atoms with van der Waals surface area (Å²) in [7, 11) is 1.39. The van der Waals surface area contributed by atoms with Gasteiger partial charge in [0.2, 0.25) is 23.6 Å². The number of nitrogens with two attached hydrogens (primary N) is 3. The molecule has 0 aliphatic carbocycles. The Labute approximate surface area is 330 Å². The van der Waals surface area contributed by atoms with E-state index in [0.29, 0.717) is 19.4 Å². The Hall–Kier alpha value is -5.16. The molecule has 22 heteroatoms. The van der Waals surface area contributed by atoms with Crippen LogP contribution in [0, 0.1) is 5.92 Å². The first-order valence-corrected chi connectivity index (χ1v) is 18.6. The van der Waals surface area contributed by atoms with Gasteiger partial charge in [-0.3, -0.25) is 34.0 Å². The Morgan fingerprint density at radius 3 is 2.28 bits per heavy atom. The number of Topliss-reactive ketones (excluding diaryl/α,β-unsaturated/α-hetero) is 1. The van der Waals surface area contributed by atoms with Crippen molar-refractivity contribution >= 4 is 47.2 Å². The van der Waals surface area contributed by atoms with Gasteiger partial charge in [0.25, 0.3) is 0 Å². The van der Waals surface area contributed by atoms with Crippen LogP contribution in [-0.4, -0.2) is 129 Å². The van der Waals surface area contributed by atoms with E-state index in [-0.39, 0.29) is 68.6 Å². The maximum atomic E-state index is 13.4. The predicted molar refractivity (Wildman–Crippen MR) is 207 cm³/mol. The summed E-state index contributed by atoms with van der Waals surface area (Å²) in [5, 5.41) is 29.7. The van der Waals surface area contributed by atoms with Crippen molar-refractivity contribution in [2.24, 2.45) is 28.2 Å². The lowest BCUT2D eigenvalue weighted by molar-refractivity contribution is -0.133. The first kappa shape index (κ1) is 48.0. The SMILES string of the molecule is C=CCn1c(C(C)=O)c(/N=C(\C)N)n([C@H]2O[C@@H](COC(=O)N(C)CCNC(=O)[C@H](CCCCN)NC(=O)[C@@H](NC(=O)CCCC(=O)NN)C(C)C)[C@H](O)[C@@H]2O)c1=O. The molecule has 22 nitrogen and oxygen atoms in total. The molecule has 2 heterocycles. The van der Waals surface area contributed by atoms with Crippen molar-refractivity contribution < 1.29 is 48.5 Å². The molecule has 1 aliphatic rings. The number of nitrogens with zero attached hydrogens (tertiary/aromatic N) is 4. The molecular weight excluding hydrogens is 750 g/mol. The molecule has 2 rings (SSSR count). The monoisotopic (exact) mass is 809 g/mol. The molecule has 0 bridgehead atoms. The van der Waals surface area contributed by atoms with E-state index in [9.17, 15) is 43.8 Å². The Balaban J connectivity index is 2.03. The van der Waals surface area contributed by atoms with E-state index in [1.165, 1.54) is 27.0 Å². The number of aliphatic imine (C=N–C) groups is 1. The van der Waals surface area contributed by atoms with Crippen molar-refractivity contribution in [2.75, 3.05) is 33.3 Å². The van der Waals surface area contributed by atoms with Crippen LogP contribution in [0.2, 0.25) is 0 Å². The van der Waals surface area contributed by atoms with E-state index in [4.69, 9.17) is 26.8 Å². The summed E-state index contributed by atoms with van der Waals surface area (Å²) in [6.45, 7) is 9.37. The largest absolute Gasteiger partial charge is 0.447 e. The van der Waals surface area contributed by atoms with E-state index < -0.39 is 84.4 Å². The minimum Gasteiger partial charge on any atom is -0.447 e. The molecule has 57 heavy (non-hydrogen) atoms. The lowest BCUT2D eigenvalue weighted by Crippen LogP contribution is -2.55. The lowest BCUT2D eigenvalue weighted by Gasteiger charge is -2.26. The zero-order valence-electron chi connectivity index (χ0n) is 33.2. The number of aliphatic hydroxyl groups excluding tert-OH is 2. The van der Waals surface area contributed by atoms with Crippen LogP contribution in [0.25, 0.3) is 0 Å². The fourth-order valence-corrected chi connectivity index (χ4v) is 5.89. The van der Waals surface area contributed by atoms with Crippen molar-refractivity contribution in [2.45, 2.75) is 109 Å². The van der Waals surface area contributed by atoms with Crippen LogP contribution in [0.1, 0.15) is 82.9 Å². The number of hydrogen-bond acceptors (Lipinski definition) is 14. The molecule has 1 aliphatic heterocycles. The second-order valence-electron chi connectivity index (χ2n) is 13.9. The van der Waals surface area contributed by atoms with Gasteiger partial charge in [0.15, 0.2) is 17.8 Å². The molecular formula is C35H59N11O11. The summed E-state index contributed by atoms with van der Waals surface area (Å²) in [6.07, 6.45) is -4.06. The maximum Gasteiger partial charge on any atom is 0.409 e. The number of likely N-dealkylation sites (N-methyl/N-ethyl adjacent to an activating group) is 1. The van der Waals surface area contributed by atoms with Gasteiger partial charge in [0, 0.05) is 46.4 Å². The summed E-state index contributed by atoms with van der Waals surface area (Å²) < 4.78 is 13.1. The molecule has 1 aromatic rings. The van der Waals surface area contributed by atoms with Crippen LogP contribution in [0.4, 0.5) is 10.6 Å². The average molecular weight is 810 g/mol. The van der Waals surface area contributed by atoms with Crippen molar-refractivity contribution in [3.63, 3.8) is 0 Å². The van der Waals surface area contributed by atoms with Crippen molar-refractivity contribution in [3.05, 3.63) is 28.8 Å². The summed E-state index contributed by atoms with van der Waals surface area (Å²) >= 11 is 0. The van der Waals surface area contributed by atoms with Crippen LogP contribution >= 0.6 is 0 Å². The van der Waals surface area contributed by atoms with Gasteiger partial charge in [-0.15, -0.1) is 6.58 Å². The maximum absolute atomic E-state index is 13.4. The quantitative estimate of drug-likeness (QED) is 0.00826. The Kier molecular flexibility index (Phi) is 19.5. The van der Waals surface area contributed by atoms with E-state index in [1.807, 2.05) is 5.43 Å². The van der Waals surface area contributed by atoms with Gasteiger partial charge in [0.1, 0.15) is 42.7 Å². The van der Waals surface area contributed by atoms with Crippen molar-refractivity contribution in [3.8, 4) is 0 Å². The molecule has 1 aromatic heterocycles. The van der Waals surface area contributed by atoms with Gasteiger partial charge in [0.05, 0.1) is 5.84 Å². The Bertz CT molecular complexity index is 1670. The summed E-state index contributed by atoms with van der Waals surface area (Å²) in [6, 6.07) is -1.95. The average Bonchev–Trinajstić information content (AvgIpc) is 3.57. The number of carbonyl (C=O) groups excluding carboxylic acids is 6. The Morgan fingerprint density at radius 1 is 1.04 bits per heavy atom. The minimum atomic E-state index is -1.70. The molecule has 0 unspecified atom stereocenters. The highest BCUT2D eigenvalue weighted by molar-refractivity contribution is 5.98. The molecule has 0 saturated carbocycles. The number of carbonyl (C=O) groups is 6. The number of aromatic nitrogens is 2. The van der Waals surface area contributed by atoms with Crippen LogP contribution in [0.3, 0.4) is 0 Å². The highest BCUT2D eigenvalue weighted by Crippen LogP contribution is 2.34. The number of imidazole rings is 1. The zero-order valence-corrected chi connectivity index (χ0v) is 33.2. The van der Waals surface area contributed by atoms with Crippen LogP contribution in [0.15, 0.2) is 22.4 Å². The molecule has 320 valence electrons. The molecule has 0 spiro atoms. The number of amidine groups is 1. The van der Waals surface area contributed by atoms with Gasteiger partial charge < -0.3 is 52.0 Å². The third-order valence-corrected chi connectivity index (χ3v) is 8.91. The second-order valence-corrected chi connectivity index (χ2v) is 13.9. The predicted octanol–water partition coefficient (Wildman–Crippen LogP) is -2.23. The van der Waals surface area contributed by atoms with Gasteiger partial charge >= 0.3 is 11.8 Å². The van der Waals surface area contributed by atoms with E-state index >= 15 is 0 Å².